The zero-order chi connectivity index (χ0) is 20.3. The van der Waals surface area contributed by atoms with Gasteiger partial charge in [-0.2, -0.15) is 5.10 Å². The summed E-state index contributed by atoms with van der Waals surface area (Å²) in [4.78, 5) is 24.2. The fourth-order valence-corrected chi connectivity index (χ4v) is 2.96. The number of nitrogens with one attached hydrogen (secondary N) is 1. The standard InChI is InChI=1S/C20H17Cl2N3O3/c1-12-9-13(2)25(24-12)16-6-3-14(4-7-16)20(27)28-11-19(26)23-18-10-15(21)5-8-17(18)22/h3-10H,11H2,1-2H3,(H,23,26). The van der Waals surface area contributed by atoms with Gasteiger partial charge in [-0.3, -0.25) is 4.79 Å². The van der Waals surface area contributed by atoms with Gasteiger partial charge in [-0.05, 0) is 62.4 Å². The fraction of sp³-hybridized carbons (Fsp3) is 0.150. The molecule has 1 amide bonds. The van der Waals surface area contributed by atoms with Crippen LogP contribution in [0.3, 0.4) is 0 Å². The quantitative estimate of drug-likeness (QED) is 0.615. The maximum atomic E-state index is 12.2. The first-order chi connectivity index (χ1) is 13.3. The minimum absolute atomic E-state index is 0.332. The van der Waals surface area contributed by atoms with E-state index in [1.165, 1.54) is 6.07 Å². The molecule has 28 heavy (non-hydrogen) atoms. The Kier molecular flexibility index (Phi) is 6.02. The first-order valence-corrected chi connectivity index (χ1v) is 9.15. The van der Waals surface area contributed by atoms with E-state index >= 15 is 0 Å². The van der Waals surface area contributed by atoms with Crippen molar-refractivity contribution in [3.63, 3.8) is 0 Å². The monoisotopic (exact) mass is 417 g/mol. The Balaban J connectivity index is 1.59. The number of amides is 1. The summed E-state index contributed by atoms with van der Waals surface area (Å²) in [6.07, 6.45) is 0. The van der Waals surface area contributed by atoms with Crippen LogP contribution in [-0.2, 0) is 9.53 Å². The Morgan fingerprint density at radius 2 is 1.79 bits per heavy atom. The van der Waals surface area contributed by atoms with E-state index in [2.05, 4.69) is 10.4 Å². The van der Waals surface area contributed by atoms with Gasteiger partial charge >= 0.3 is 5.97 Å². The molecule has 0 radical (unpaired) electrons. The number of benzene rings is 2. The summed E-state index contributed by atoms with van der Waals surface area (Å²) < 4.78 is 6.84. The number of esters is 1. The Morgan fingerprint density at radius 1 is 1.07 bits per heavy atom. The average molecular weight is 418 g/mol. The highest BCUT2D eigenvalue weighted by Gasteiger charge is 2.12. The molecule has 3 rings (SSSR count). The van der Waals surface area contributed by atoms with E-state index in [1.54, 1.807) is 41.1 Å². The number of carbonyl (C=O) groups is 2. The Labute approximate surface area is 172 Å². The summed E-state index contributed by atoms with van der Waals surface area (Å²) in [5, 5.41) is 7.71. The molecular formula is C20H17Cl2N3O3. The molecule has 8 heteroatoms. The molecule has 144 valence electrons. The lowest BCUT2D eigenvalue weighted by Crippen LogP contribution is -2.21. The zero-order valence-electron chi connectivity index (χ0n) is 15.2. The van der Waals surface area contributed by atoms with Crippen molar-refractivity contribution in [3.8, 4) is 5.69 Å². The van der Waals surface area contributed by atoms with E-state index in [-0.39, 0.29) is 0 Å². The molecule has 0 aliphatic heterocycles. The van der Waals surface area contributed by atoms with E-state index < -0.39 is 18.5 Å². The van der Waals surface area contributed by atoms with Crippen LogP contribution in [0.15, 0.2) is 48.5 Å². The molecule has 0 atom stereocenters. The van der Waals surface area contributed by atoms with Crippen LogP contribution in [0.25, 0.3) is 5.69 Å². The Bertz CT molecular complexity index is 1030. The predicted octanol–water partition coefficient (Wildman–Crippen LogP) is 4.59. The fourth-order valence-electron chi connectivity index (χ4n) is 2.62. The first-order valence-electron chi connectivity index (χ1n) is 8.39. The molecule has 0 unspecified atom stereocenters. The van der Waals surface area contributed by atoms with Gasteiger partial charge in [0.25, 0.3) is 5.91 Å². The van der Waals surface area contributed by atoms with E-state index in [0.717, 1.165) is 17.1 Å². The van der Waals surface area contributed by atoms with Crippen molar-refractivity contribution in [2.45, 2.75) is 13.8 Å². The van der Waals surface area contributed by atoms with Crippen LogP contribution in [-0.4, -0.2) is 28.3 Å². The molecular weight excluding hydrogens is 401 g/mol. The van der Waals surface area contributed by atoms with Gasteiger partial charge in [0.05, 0.1) is 27.7 Å². The largest absolute Gasteiger partial charge is 0.452 e. The summed E-state index contributed by atoms with van der Waals surface area (Å²) in [5.74, 6) is -1.12. The lowest BCUT2D eigenvalue weighted by molar-refractivity contribution is -0.119. The van der Waals surface area contributed by atoms with Gasteiger partial charge in [-0.1, -0.05) is 23.2 Å². The summed E-state index contributed by atoms with van der Waals surface area (Å²) in [6, 6.07) is 13.4. The second-order valence-corrected chi connectivity index (χ2v) is 6.98. The molecule has 1 heterocycles. The highest BCUT2D eigenvalue weighted by molar-refractivity contribution is 6.35. The molecule has 0 saturated heterocycles. The maximum absolute atomic E-state index is 12.2. The number of nitrogens with zero attached hydrogens (tertiary/aromatic N) is 2. The maximum Gasteiger partial charge on any atom is 0.338 e. The smallest absolute Gasteiger partial charge is 0.338 e. The van der Waals surface area contributed by atoms with E-state index in [4.69, 9.17) is 27.9 Å². The van der Waals surface area contributed by atoms with E-state index in [1.807, 2.05) is 19.9 Å². The third kappa shape index (κ3) is 4.71. The molecule has 2 aromatic carbocycles. The second-order valence-electron chi connectivity index (χ2n) is 6.13. The Hall–Kier alpha value is -2.83. The number of rotatable bonds is 5. The number of hydrogen-bond acceptors (Lipinski definition) is 4. The predicted molar refractivity (Wildman–Crippen MR) is 108 cm³/mol. The van der Waals surface area contributed by atoms with Crippen LogP contribution in [0.5, 0.6) is 0 Å². The van der Waals surface area contributed by atoms with Gasteiger partial charge in [0.1, 0.15) is 0 Å². The highest BCUT2D eigenvalue weighted by atomic mass is 35.5. The van der Waals surface area contributed by atoms with Crippen LogP contribution in [0.1, 0.15) is 21.7 Å². The van der Waals surface area contributed by atoms with Crippen LogP contribution in [0.4, 0.5) is 5.69 Å². The summed E-state index contributed by atoms with van der Waals surface area (Å²) in [7, 11) is 0. The number of ether oxygens (including phenoxy) is 1. The van der Waals surface area contributed by atoms with Gasteiger partial charge in [-0.25, -0.2) is 9.48 Å². The molecule has 0 fully saturated rings. The van der Waals surface area contributed by atoms with Crippen molar-refractivity contribution in [3.05, 3.63) is 75.5 Å². The lowest BCUT2D eigenvalue weighted by Gasteiger charge is -2.09. The minimum atomic E-state index is -0.604. The van der Waals surface area contributed by atoms with Crippen LogP contribution < -0.4 is 5.32 Å². The summed E-state index contributed by atoms with van der Waals surface area (Å²) in [6.45, 7) is 3.42. The molecule has 6 nitrogen and oxygen atoms in total. The van der Waals surface area contributed by atoms with Crippen molar-refractivity contribution < 1.29 is 14.3 Å². The number of aryl methyl sites for hydroxylation is 2. The third-order valence-corrected chi connectivity index (χ3v) is 4.46. The molecule has 0 spiro atoms. The summed E-state index contributed by atoms with van der Waals surface area (Å²) in [5.41, 5.74) is 3.41. The van der Waals surface area contributed by atoms with Crippen LogP contribution in [0, 0.1) is 13.8 Å². The van der Waals surface area contributed by atoms with Crippen LogP contribution >= 0.6 is 23.2 Å². The number of anilines is 1. The lowest BCUT2D eigenvalue weighted by atomic mass is 10.2. The van der Waals surface area contributed by atoms with Crippen molar-refractivity contribution in [2.24, 2.45) is 0 Å². The molecule has 0 saturated carbocycles. The topological polar surface area (TPSA) is 73.2 Å². The summed E-state index contributed by atoms with van der Waals surface area (Å²) >= 11 is 11.9. The third-order valence-electron chi connectivity index (χ3n) is 3.89. The molecule has 3 aromatic rings. The second kappa shape index (κ2) is 8.46. The number of hydrogen-bond donors (Lipinski definition) is 1. The number of carbonyl (C=O) groups excluding carboxylic acids is 2. The number of aromatic nitrogens is 2. The van der Waals surface area contributed by atoms with Crippen molar-refractivity contribution in [1.82, 2.24) is 9.78 Å². The van der Waals surface area contributed by atoms with Gasteiger partial charge in [0, 0.05) is 10.7 Å². The minimum Gasteiger partial charge on any atom is -0.452 e. The highest BCUT2D eigenvalue weighted by Crippen LogP contribution is 2.25. The van der Waals surface area contributed by atoms with Crippen molar-refractivity contribution in [1.29, 1.82) is 0 Å². The SMILES string of the molecule is Cc1cc(C)n(-c2ccc(C(=O)OCC(=O)Nc3cc(Cl)ccc3Cl)cc2)n1. The van der Waals surface area contributed by atoms with Crippen molar-refractivity contribution >= 4 is 40.8 Å². The number of halogens is 2. The average Bonchev–Trinajstić information content (AvgIpc) is 3.01. The normalized spacial score (nSPS) is 10.6. The van der Waals surface area contributed by atoms with Gasteiger partial charge < -0.3 is 10.1 Å². The molecule has 0 aliphatic rings. The first kappa shape index (κ1) is 19.9. The zero-order valence-corrected chi connectivity index (χ0v) is 16.7. The molecule has 1 aromatic heterocycles. The molecule has 1 N–H and O–H groups in total. The molecule has 0 aliphatic carbocycles. The van der Waals surface area contributed by atoms with E-state index in [0.29, 0.717) is 21.3 Å². The van der Waals surface area contributed by atoms with Crippen LogP contribution in [0.2, 0.25) is 10.0 Å². The van der Waals surface area contributed by atoms with Gasteiger partial charge in [0.2, 0.25) is 0 Å². The Morgan fingerprint density at radius 3 is 2.43 bits per heavy atom. The van der Waals surface area contributed by atoms with Crippen molar-refractivity contribution in [2.75, 3.05) is 11.9 Å². The van der Waals surface area contributed by atoms with Gasteiger partial charge in [-0.15, -0.1) is 0 Å². The molecule has 0 bridgehead atoms. The van der Waals surface area contributed by atoms with E-state index in [9.17, 15) is 9.59 Å². The van der Waals surface area contributed by atoms with Gasteiger partial charge in [0.15, 0.2) is 6.61 Å².